The second-order valence-electron chi connectivity index (χ2n) is 24.3. The van der Waals surface area contributed by atoms with Crippen LogP contribution in [0.15, 0.2) is 48.6 Å². The maximum Gasteiger partial charge on any atom is 0.220 e. The molecule has 0 aromatic carbocycles. The van der Waals surface area contributed by atoms with Crippen LogP contribution < -0.4 is 5.32 Å². The average molecular weight is 1230 g/mol. The van der Waals surface area contributed by atoms with Gasteiger partial charge in [0.15, 0.2) is 18.9 Å². The van der Waals surface area contributed by atoms with E-state index in [9.17, 15) is 61.0 Å². The Hall–Kier alpha value is -2.25. The minimum Gasteiger partial charge on any atom is -0.394 e. The van der Waals surface area contributed by atoms with Crippen LogP contribution in [0.1, 0.15) is 239 Å². The molecule has 502 valence electrons. The van der Waals surface area contributed by atoms with E-state index in [4.69, 9.17) is 28.4 Å². The second-order valence-corrected chi connectivity index (χ2v) is 24.3. The quantitative estimate of drug-likeness (QED) is 0.0202. The number of hydrogen-bond acceptors (Lipinski definition) is 18. The summed E-state index contributed by atoms with van der Waals surface area (Å²) in [5, 5.41) is 120. The van der Waals surface area contributed by atoms with E-state index in [1.54, 1.807) is 6.08 Å². The highest BCUT2D eigenvalue weighted by molar-refractivity contribution is 5.76. The summed E-state index contributed by atoms with van der Waals surface area (Å²) in [5.41, 5.74) is 0. The molecule has 3 rings (SSSR count). The Morgan fingerprint density at radius 1 is 0.430 bits per heavy atom. The van der Waals surface area contributed by atoms with Crippen molar-refractivity contribution in [2.24, 2.45) is 0 Å². The number of aliphatic hydroxyl groups is 11. The molecule has 0 aromatic rings. The van der Waals surface area contributed by atoms with Crippen molar-refractivity contribution in [3.8, 4) is 0 Å². The Morgan fingerprint density at radius 3 is 1.26 bits per heavy atom. The number of allylic oxidation sites excluding steroid dienone is 7. The van der Waals surface area contributed by atoms with Crippen LogP contribution >= 0.6 is 0 Å². The first kappa shape index (κ1) is 78.0. The lowest BCUT2D eigenvalue weighted by molar-refractivity contribution is -0.379. The van der Waals surface area contributed by atoms with E-state index in [1.807, 2.05) is 6.08 Å². The third-order valence-electron chi connectivity index (χ3n) is 16.9. The van der Waals surface area contributed by atoms with Crippen LogP contribution in [0.4, 0.5) is 0 Å². The molecule has 0 bridgehead atoms. The molecule has 3 fully saturated rings. The summed E-state index contributed by atoms with van der Waals surface area (Å²) in [5.74, 6) is -0.304. The number of hydrogen-bond donors (Lipinski definition) is 12. The van der Waals surface area contributed by atoms with E-state index < -0.39 is 124 Å². The molecular formula is C67H121NO18. The maximum absolute atomic E-state index is 13.3. The van der Waals surface area contributed by atoms with Gasteiger partial charge in [-0.25, -0.2) is 0 Å². The van der Waals surface area contributed by atoms with Crippen LogP contribution in [0.25, 0.3) is 0 Å². The Morgan fingerprint density at radius 2 is 0.802 bits per heavy atom. The number of amides is 1. The smallest absolute Gasteiger partial charge is 0.220 e. The molecule has 0 aromatic heterocycles. The minimum atomic E-state index is -1.98. The van der Waals surface area contributed by atoms with Crippen molar-refractivity contribution < 1.29 is 89.4 Å². The number of carbonyl (C=O) groups is 1. The predicted molar refractivity (Wildman–Crippen MR) is 332 cm³/mol. The van der Waals surface area contributed by atoms with Gasteiger partial charge in [-0.05, 0) is 51.4 Å². The van der Waals surface area contributed by atoms with E-state index in [0.29, 0.717) is 6.42 Å². The van der Waals surface area contributed by atoms with Gasteiger partial charge in [0.1, 0.15) is 73.2 Å². The van der Waals surface area contributed by atoms with E-state index in [1.165, 1.54) is 148 Å². The molecule has 19 nitrogen and oxygen atoms in total. The lowest BCUT2D eigenvalue weighted by atomic mass is 9.96. The molecule has 0 radical (unpaired) electrons. The summed E-state index contributed by atoms with van der Waals surface area (Å²) in [6.45, 7) is 1.60. The zero-order chi connectivity index (χ0) is 62.6. The Bertz CT molecular complexity index is 1750. The minimum absolute atomic E-state index is 0.207. The van der Waals surface area contributed by atoms with Crippen molar-refractivity contribution in [2.75, 3.05) is 26.4 Å². The van der Waals surface area contributed by atoms with Gasteiger partial charge in [0, 0.05) is 6.42 Å². The average Bonchev–Trinajstić information content (AvgIpc) is 2.26. The molecule has 3 heterocycles. The van der Waals surface area contributed by atoms with E-state index in [-0.39, 0.29) is 18.9 Å². The van der Waals surface area contributed by atoms with Gasteiger partial charge in [-0.1, -0.05) is 229 Å². The van der Waals surface area contributed by atoms with Crippen LogP contribution in [0.5, 0.6) is 0 Å². The molecule has 1 amide bonds. The van der Waals surface area contributed by atoms with Crippen molar-refractivity contribution >= 4 is 5.91 Å². The summed E-state index contributed by atoms with van der Waals surface area (Å²) in [6.07, 6.45) is 31.1. The SMILES string of the molecule is CC/C=C\C/C=C\C/C=C\CCCCCC(=O)NC(COC1OC(CO)C(OC2OC(CO)C(OC3OC(CO)C(O)C(O)C3O)C(O)C2O)C(O)C1O)C(O)/C=C/CCCCCCCCCCCCCCCCCCCCCCCCCCCC. The molecule has 3 saturated heterocycles. The fraction of sp³-hybridized carbons (Fsp3) is 0.866. The first-order valence-electron chi connectivity index (χ1n) is 33.9. The monoisotopic (exact) mass is 1230 g/mol. The number of rotatable bonds is 51. The lowest BCUT2D eigenvalue weighted by Crippen LogP contribution is -2.66. The highest BCUT2D eigenvalue weighted by Crippen LogP contribution is 2.33. The topological polar surface area (TPSA) is 307 Å². The Labute approximate surface area is 516 Å². The van der Waals surface area contributed by atoms with Crippen LogP contribution in [-0.4, -0.2) is 193 Å². The number of ether oxygens (including phenoxy) is 6. The zero-order valence-corrected chi connectivity index (χ0v) is 52.8. The van der Waals surface area contributed by atoms with Crippen LogP contribution in [0.2, 0.25) is 0 Å². The van der Waals surface area contributed by atoms with Crippen molar-refractivity contribution in [3.05, 3.63) is 48.6 Å². The molecule has 3 aliphatic rings. The normalized spacial score (nSPS) is 29.1. The van der Waals surface area contributed by atoms with Crippen molar-refractivity contribution in [3.63, 3.8) is 0 Å². The number of carbonyl (C=O) groups excluding carboxylic acids is 1. The van der Waals surface area contributed by atoms with E-state index in [0.717, 1.165) is 64.2 Å². The van der Waals surface area contributed by atoms with Gasteiger partial charge in [-0.2, -0.15) is 0 Å². The van der Waals surface area contributed by atoms with Crippen molar-refractivity contribution in [1.82, 2.24) is 5.32 Å². The van der Waals surface area contributed by atoms with Gasteiger partial charge < -0.3 is 89.9 Å². The van der Waals surface area contributed by atoms with Crippen LogP contribution in [-0.2, 0) is 33.2 Å². The van der Waals surface area contributed by atoms with Gasteiger partial charge >= 0.3 is 0 Å². The predicted octanol–water partition coefficient (Wildman–Crippen LogP) is 8.22. The second kappa shape index (κ2) is 49.5. The first-order chi connectivity index (χ1) is 41.8. The largest absolute Gasteiger partial charge is 0.394 e. The lowest BCUT2D eigenvalue weighted by Gasteiger charge is -2.48. The van der Waals surface area contributed by atoms with Crippen LogP contribution in [0, 0.1) is 0 Å². The van der Waals surface area contributed by atoms with Gasteiger partial charge in [-0.15, -0.1) is 0 Å². The molecular weight excluding hydrogens is 1110 g/mol. The molecule has 17 atom stereocenters. The maximum atomic E-state index is 13.3. The van der Waals surface area contributed by atoms with Gasteiger partial charge in [0.2, 0.25) is 5.91 Å². The molecule has 86 heavy (non-hydrogen) atoms. The summed E-state index contributed by atoms with van der Waals surface area (Å²) in [7, 11) is 0. The standard InChI is InChI=1S/C67H121NO18/c1-3-5-7-9-11-13-15-17-18-19-20-21-22-23-24-25-26-27-28-29-30-31-33-34-36-38-40-42-44-51(72)50(68-55(73)45-43-41-39-37-35-32-16-14-12-10-8-6-4-2)49-81-65-61(79)58(76)63(53(47-70)83-65)86-67-62(80)59(77)64(54(48-71)84-67)85-66-60(78)57(75)56(74)52(46-69)82-66/h6,8,12,14,32,35,42,44,50-54,56-67,69-72,74-80H,3-5,7,9-11,13,15-31,33-34,36-41,43,45-49H2,1-2H3,(H,68,73)/b8-6-,14-12-,35-32-,44-42+. The third-order valence-corrected chi connectivity index (χ3v) is 16.9. The molecule has 3 aliphatic heterocycles. The first-order valence-corrected chi connectivity index (χ1v) is 33.9. The Balaban J connectivity index is 1.42. The summed E-state index contributed by atoms with van der Waals surface area (Å²) < 4.78 is 34.3. The molecule has 17 unspecified atom stereocenters. The molecule has 0 aliphatic carbocycles. The van der Waals surface area contributed by atoms with E-state index >= 15 is 0 Å². The van der Waals surface area contributed by atoms with Crippen molar-refractivity contribution in [1.29, 1.82) is 0 Å². The van der Waals surface area contributed by atoms with Gasteiger partial charge in [-0.3, -0.25) is 4.79 Å². The zero-order valence-electron chi connectivity index (χ0n) is 52.8. The Kier molecular flexibility index (Phi) is 44.8. The van der Waals surface area contributed by atoms with E-state index in [2.05, 4.69) is 55.6 Å². The number of aliphatic hydroxyl groups excluding tert-OH is 11. The summed E-state index contributed by atoms with van der Waals surface area (Å²) in [4.78, 5) is 13.3. The van der Waals surface area contributed by atoms with Gasteiger partial charge in [0.25, 0.3) is 0 Å². The fourth-order valence-electron chi connectivity index (χ4n) is 11.4. The third kappa shape index (κ3) is 31.7. The molecule has 0 spiro atoms. The fourth-order valence-corrected chi connectivity index (χ4v) is 11.4. The van der Waals surface area contributed by atoms with Crippen LogP contribution in [0.3, 0.4) is 0 Å². The highest BCUT2D eigenvalue weighted by atomic mass is 16.8. The van der Waals surface area contributed by atoms with Gasteiger partial charge in [0.05, 0.1) is 38.6 Å². The molecule has 0 saturated carbocycles. The number of nitrogens with one attached hydrogen (secondary N) is 1. The highest BCUT2D eigenvalue weighted by Gasteiger charge is 2.53. The molecule has 12 N–H and O–H groups in total. The molecule has 19 heteroatoms. The summed E-state index contributed by atoms with van der Waals surface area (Å²) in [6, 6.07) is -0.989. The number of unbranched alkanes of at least 4 members (excludes halogenated alkanes) is 29. The summed E-state index contributed by atoms with van der Waals surface area (Å²) >= 11 is 0. The van der Waals surface area contributed by atoms with Crippen molar-refractivity contribution in [2.45, 2.75) is 343 Å².